The Balaban J connectivity index is 2.25. The maximum atomic E-state index is 9.93. The van der Waals surface area contributed by atoms with Crippen molar-refractivity contribution in [3.63, 3.8) is 0 Å². The first-order valence-electron chi connectivity index (χ1n) is 8.70. The molecule has 0 saturated carbocycles. The number of allylic oxidation sites excluding steroid dienone is 1. The molecule has 4 N–H and O–H groups in total. The van der Waals surface area contributed by atoms with E-state index in [1.165, 1.54) is 12.5 Å². The molecule has 0 bridgehead atoms. The molecule has 0 aliphatic rings. The largest absolute Gasteiger partial charge is 0.388 e. The molecule has 7 nitrogen and oxygen atoms in total. The summed E-state index contributed by atoms with van der Waals surface area (Å²) in [5.74, 6) is 0.297. The van der Waals surface area contributed by atoms with E-state index in [4.69, 9.17) is 22.7 Å². The Bertz CT molecular complexity index is 1090. The van der Waals surface area contributed by atoms with Gasteiger partial charge in [0.2, 0.25) is 0 Å². The van der Waals surface area contributed by atoms with Gasteiger partial charge in [0.1, 0.15) is 29.6 Å². The number of hydrogen-bond acceptors (Lipinski definition) is 6. The molecule has 2 heterocycles. The smallest absolute Gasteiger partial charge is 0.147 e. The van der Waals surface area contributed by atoms with Gasteiger partial charge < -0.3 is 21.0 Å². The van der Waals surface area contributed by atoms with Crippen LogP contribution < -0.4 is 11.1 Å². The number of nitrogens with two attached hydrogens (primary N) is 1. The summed E-state index contributed by atoms with van der Waals surface area (Å²) in [6.07, 6.45) is 4.41. The lowest BCUT2D eigenvalue weighted by molar-refractivity contribution is 0.693. The second-order valence-corrected chi connectivity index (χ2v) is 7.01. The zero-order valence-corrected chi connectivity index (χ0v) is 16.3. The number of fused-ring (bicyclic) bond motifs is 1. The zero-order chi connectivity index (χ0) is 20.3. The van der Waals surface area contributed by atoms with Crippen LogP contribution in [0.15, 0.2) is 42.4 Å². The summed E-state index contributed by atoms with van der Waals surface area (Å²) >= 11 is 6.02. The number of halogens is 1. The number of benzene rings is 1. The molecule has 28 heavy (non-hydrogen) atoms. The van der Waals surface area contributed by atoms with Crippen molar-refractivity contribution in [3.8, 4) is 17.2 Å². The van der Waals surface area contributed by atoms with Crippen LogP contribution in [0.5, 0.6) is 0 Å². The molecule has 142 valence electrons. The Morgan fingerprint density at radius 2 is 2.07 bits per heavy atom. The lowest BCUT2D eigenvalue weighted by atomic mass is 10.0. The van der Waals surface area contributed by atoms with Crippen LogP contribution in [0.3, 0.4) is 0 Å². The molecular weight excluding hydrogens is 374 g/mol. The van der Waals surface area contributed by atoms with Crippen LogP contribution in [0.25, 0.3) is 22.2 Å². The number of nitrogens with one attached hydrogen (secondary N) is 2. The molecular formula is C20H20ClN7. The average Bonchev–Trinajstić information content (AvgIpc) is 3.00. The number of nitrogens with zero attached hydrogens (tertiary/aromatic N) is 4. The van der Waals surface area contributed by atoms with Gasteiger partial charge in [0.05, 0.1) is 11.9 Å². The molecule has 0 atom stereocenters. The Kier molecular flexibility index (Phi) is 5.62. The summed E-state index contributed by atoms with van der Waals surface area (Å²) in [7, 11) is 0. The number of hydrogen-bond donors (Lipinski definition) is 3. The van der Waals surface area contributed by atoms with Crippen molar-refractivity contribution in [2.75, 3.05) is 5.73 Å². The molecule has 0 fully saturated rings. The lowest BCUT2D eigenvalue weighted by Gasteiger charge is -2.10. The lowest BCUT2D eigenvalue weighted by Crippen LogP contribution is -2.18. The van der Waals surface area contributed by atoms with Crippen molar-refractivity contribution in [2.24, 2.45) is 0 Å². The van der Waals surface area contributed by atoms with Crippen LogP contribution in [-0.4, -0.2) is 26.8 Å². The summed E-state index contributed by atoms with van der Waals surface area (Å²) in [5, 5.41) is 22.0. The van der Waals surface area contributed by atoms with Gasteiger partial charge in [-0.2, -0.15) is 5.26 Å². The highest BCUT2D eigenvalue weighted by Gasteiger charge is 2.22. The van der Waals surface area contributed by atoms with Crippen molar-refractivity contribution in [1.29, 1.82) is 10.7 Å². The normalized spacial score (nSPS) is 11.6. The average molecular weight is 394 g/mol. The van der Waals surface area contributed by atoms with Gasteiger partial charge in [-0.15, -0.1) is 0 Å². The SMILES string of the molecule is CC(C)N/C=C(\C=N)Cn1c(C#N)c(-c2ccc(Cl)cc2)c2c(N)ncnc21. The summed E-state index contributed by atoms with van der Waals surface area (Å²) in [6.45, 7) is 4.32. The van der Waals surface area contributed by atoms with Crippen LogP contribution in [0.2, 0.25) is 5.02 Å². The molecule has 0 saturated heterocycles. The molecule has 3 rings (SSSR count). The van der Waals surface area contributed by atoms with Crippen molar-refractivity contribution in [1.82, 2.24) is 19.9 Å². The summed E-state index contributed by atoms with van der Waals surface area (Å²) in [6, 6.07) is 9.70. The Hall–Kier alpha value is -3.37. The van der Waals surface area contributed by atoms with Gasteiger partial charge in [-0.25, -0.2) is 9.97 Å². The van der Waals surface area contributed by atoms with Gasteiger partial charge in [-0.05, 0) is 31.5 Å². The highest BCUT2D eigenvalue weighted by Crippen LogP contribution is 2.37. The van der Waals surface area contributed by atoms with E-state index < -0.39 is 0 Å². The van der Waals surface area contributed by atoms with Crippen molar-refractivity contribution in [2.45, 2.75) is 26.4 Å². The van der Waals surface area contributed by atoms with Gasteiger partial charge in [0.15, 0.2) is 0 Å². The maximum absolute atomic E-state index is 9.93. The molecule has 0 spiro atoms. The molecule has 1 aromatic carbocycles. The topological polar surface area (TPSA) is 116 Å². The minimum Gasteiger partial charge on any atom is -0.388 e. The Morgan fingerprint density at radius 1 is 1.36 bits per heavy atom. The summed E-state index contributed by atoms with van der Waals surface area (Å²) in [5.41, 5.74) is 9.26. The first-order valence-corrected chi connectivity index (χ1v) is 9.08. The monoisotopic (exact) mass is 393 g/mol. The molecule has 0 unspecified atom stereocenters. The van der Waals surface area contributed by atoms with E-state index >= 15 is 0 Å². The first kappa shape index (κ1) is 19.4. The molecule has 3 aromatic rings. The number of rotatable bonds is 6. The second-order valence-electron chi connectivity index (χ2n) is 6.57. The Labute approximate surface area is 168 Å². The van der Waals surface area contributed by atoms with Crippen LogP contribution in [-0.2, 0) is 6.54 Å². The zero-order valence-electron chi connectivity index (χ0n) is 15.6. The Morgan fingerprint density at radius 3 is 2.68 bits per heavy atom. The van der Waals surface area contributed by atoms with Gasteiger partial charge in [-0.1, -0.05) is 23.7 Å². The van der Waals surface area contributed by atoms with Crippen LogP contribution in [0, 0.1) is 16.7 Å². The molecule has 0 aliphatic carbocycles. The number of nitrogen functional groups attached to an aromatic ring is 1. The molecule has 0 aliphatic heterocycles. The van der Waals surface area contributed by atoms with E-state index in [9.17, 15) is 5.26 Å². The van der Waals surface area contributed by atoms with E-state index in [2.05, 4.69) is 21.4 Å². The number of nitriles is 1. The minimum absolute atomic E-state index is 0.231. The standard InChI is InChI=1S/C20H20ClN7/c1-12(2)25-9-13(7-22)10-28-16(8-23)17(14-3-5-15(21)6-4-14)18-19(24)26-11-27-20(18)28/h3-7,9,11-12,22,25H,10H2,1-2H3,(H2,24,26,27)/b13-9+,22-7?. The van der Waals surface area contributed by atoms with Crippen LogP contribution >= 0.6 is 11.6 Å². The fraction of sp³-hybridized carbons (Fsp3) is 0.200. The van der Waals surface area contributed by atoms with Crippen LogP contribution in [0.4, 0.5) is 5.82 Å². The minimum atomic E-state index is 0.231. The highest BCUT2D eigenvalue weighted by atomic mass is 35.5. The van der Waals surface area contributed by atoms with E-state index in [1.54, 1.807) is 22.9 Å². The van der Waals surface area contributed by atoms with Crippen molar-refractivity contribution in [3.05, 3.63) is 53.1 Å². The van der Waals surface area contributed by atoms with Gasteiger partial charge >= 0.3 is 0 Å². The predicted molar refractivity (Wildman–Crippen MR) is 112 cm³/mol. The molecule has 0 radical (unpaired) electrons. The first-order chi connectivity index (χ1) is 13.5. The second kappa shape index (κ2) is 8.11. The van der Waals surface area contributed by atoms with Crippen molar-refractivity contribution < 1.29 is 0 Å². The molecule has 0 amide bonds. The van der Waals surface area contributed by atoms with E-state index in [0.717, 1.165) is 5.56 Å². The van der Waals surface area contributed by atoms with E-state index in [-0.39, 0.29) is 6.04 Å². The van der Waals surface area contributed by atoms with Gasteiger partial charge in [-0.3, -0.25) is 0 Å². The third kappa shape index (κ3) is 3.68. The third-order valence-electron chi connectivity index (χ3n) is 4.24. The third-order valence-corrected chi connectivity index (χ3v) is 4.49. The summed E-state index contributed by atoms with van der Waals surface area (Å²) in [4.78, 5) is 8.47. The van der Waals surface area contributed by atoms with E-state index in [0.29, 0.717) is 45.2 Å². The number of anilines is 1. The van der Waals surface area contributed by atoms with E-state index in [1.807, 2.05) is 26.0 Å². The summed E-state index contributed by atoms with van der Waals surface area (Å²) < 4.78 is 1.76. The molecule has 2 aromatic heterocycles. The highest BCUT2D eigenvalue weighted by molar-refractivity contribution is 6.30. The van der Waals surface area contributed by atoms with Gasteiger partial charge in [0.25, 0.3) is 0 Å². The molecule has 8 heteroatoms. The van der Waals surface area contributed by atoms with Crippen LogP contribution in [0.1, 0.15) is 19.5 Å². The fourth-order valence-corrected chi connectivity index (χ4v) is 3.08. The number of aromatic nitrogens is 3. The fourth-order valence-electron chi connectivity index (χ4n) is 2.95. The predicted octanol–water partition coefficient (Wildman–Crippen LogP) is 3.74. The quantitative estimate of drug-likeness (QED) is 0.551. The van der Waals surface area contributed by atoms with Crippen molar-refractivity contribution >= 4 is 34.7 Å². The van der Waals surface area contributed by atoms with Gasteiger partial charge in [0, 0.05) is 34.6 Å². The maximum Gasteiger partial charge on any atom is 0.147 e.